The molecule has 2 aromatic rings. The number of ether oxygens (including phenoxy) is 2. The van der Waals surface area contributed by atoms with Crippen LogP contribution in [0.25, 0.3) is 0 Å². The Morgan fingerprint density at radius 1 is 1.17 bits per heavy atom. The van der Waals surface area contributed by atoms with Crippen LogP contribution in [0.5, 0.6) is 5.75 Å². The number of aliphatic hydroxyl groups excluding tert-OH is 1. The van der Waals surface area contributed by atoms with Crippen LogP contribution in [-0.4, -0.2) is 92.9 Å². The van der Waals surface area contributed by atoms with E-state index in [1.807, 2.05) is 6.92 Å². The number of aliphatic hydroxyl groups is 1. The van der Waals surface area contributed by atoms with Crippen molar-refractivity contribution in [2.45, 2.75) is 82.2 Å². The Kier molecular flexibility index (Phi) is 13.8. The van der Waals surface area contributed by atoms with E-state index in [-0.39, 0.29) is 41.1 Å². The van der Waals surface area contributed by atoms with Crippen LogP contribution in [0.4, 0.5) is 18.9 Å². The number of carbonyl (C=O) groups is 2. The van der Waals surface area contributed by atoms with E-state index in [1.165, 1.54) is 59.3 Å². The molecule has 1 heterocycles. The molecule has 0 saturated carbocycles. The summed E-state index contributed by atoms with van der Waals surface area (Å²) in [5.41, 5.74) is 0.170. The van der Waals surface area contributed by atoms with Crippen molar-refractivity contribution in [3.63, 3.8) is 0 Å². The van der Waals surface area contributed by atoms with Gasteiger partial charge in [-0.05, 0) is 75.6 Å². The third kappa shape index (κ3) is 11.5. The smallest absolute Gasteiger partial charge is 0.389 e. The Labute approximate surface area is 279 Å². The van der Waals surface area contributed by atoms with E-state index in [0.29, 0.717) is 30.9 Å². The van der Waals surface area contributed by atoms with E-state index in [4.69, 9.17) is 21.1 Å². The molecule has 262 valence electrons. The molecule has 1 aliphatic heterocycles. The van der Waals surface area contributed by atoms with Crippen molar-refractivity contribution >= 4 is 39.1 Å². The maximum absolute atomic E-state index is 14.2. The van der Waals surface area contributed by atoms with Gasteiger partial charge in [0.25, 0.3) is 15.9 Å². The maximum atomic E-state index is 14.2. The van der Waals surface area contributed by atoms with Crippen molar-refractivity contribution in [2.24, 2.45) is 5.92 Å². The summed E-state index contributed by atoms with van der Waals surface area (Å²) in [5.74, 6) is -1.41. The van der Waals surface area contributed by atoms with Crippen LogP contribution in [0.15, 0.2) is 47.4 Å². The molecule has 0 unspecified atom stereocenters. The summed E-state index contributed by atoms with van der Waals surface area (Å²) >= 11 is 5.91. The molecule has 4 atom stereocenters. The zero-order chi connectivity index (χ0) is 34.9. The number of rotatable bonds is 9. The largest absolute Gasteiger partial charge is 0.490 e. The highest BCUT2D eigenvalue weighted by Gasteiger charge is 2.32. The Hall–Kier alpha value is -3.07. The van der Waals surface area contributed by atoms with E-state index in [0.717, 1.165) is 0 Å². The van der Waals surface area contributed by atoms with Crippen LogP contribution in [0.2, 0.25) is 5.02 Å². The topological polar surface area (TPSA) is 125 Å². The normalized spacial score (nSPS) is 20.8. The van der Waals surface area contributed by atoms with Crippen molar-refractivity contribution in [3.8, 4) is 5.75 Å². The second-order valence-corrected chi connectivity index (χ2v) is 14.1. The molecule has 0 saturated heterocycles. The molecule has 3 rings (SSSR count). The lowest BCUT2D eigenvalue weighted by Crippen LogP contribution is -2.48. The summed E-state index contributed by atoms with van der Waals surface area (Å²) in [7, 11) is -2.62. The molecule has 0 spiro atoms. The number of halogens is 4. The number of anilines is 1. The third-order valence-corrected chi connectivity index (χ3v) is 9.58. The number of likely N-dealkylation sites (N-methyl/N-ethyl adjacent to an activating group) is 1. The first-order valence-electron chi connectivity index (χ1n) is 15.4. The summed E-state index contributed by atoms with van der Waals surface area (Å²) in [4.78, 5) is 29.3. The first-order chi connectivity index (χ1) is 22.0. The number of hydrogen-bond acceptors (Lipinski definition) is 7. The van der Waals surface area contributed by atoms with Crippen LogP contribution < -0.4 is 9.46 Å². The molecule has 15 heteroatoms. The van der Waals surface area contributed by atoms with Gasteiger partial charge in [0.05, 0.1) is 41.7 Å². The fraction of sp³-hybridized carbons (Fsp3) is 0.562. The Bertz CT molecular complexity index is 1460. The van der Waals surface area contributed by atoms with E-state index in [1.54, 1.807) is 13.8 Å². The number of nitrogens with zero attached hydrogens (tertiary/aromatic N) is 2. The van der Waals surface area contributed by atoms with Crippen molar-refractivity contribution in [3.05, 3.63) is 53.1 Å². The molecule has 2 amide bonds. The number of carbonyl (C=O) groups excluding carboxylic acids is 2. The van der Waals surface area contributed by atoms with Crippen LogP contribution in [-0.2, 0) is 19.6 Å². The van der Waals surface area contributed by atoms with Gasteiger partial charge in [0.15, 0.2) is 0 Å². The minimum atomic E-state index is -4.46. The van der Waals surface area contributed by atoms with E-state index < -0.39 is 65.5 Å². The maximum Gasteiger partial charge on any atom is 0.389 e. The van der Waals surface area contributed by atoms with Gasteiger partial charge < -0.3 is 24.4 Å². The summed E-state index contributed by atoms with van der Waals surface area (Å²) in [5, 5.41) is 10.5. The third-order valence-electron chi connectivity index (χ3n) is 7.93. The number of sulfonamides is 1. The predicted molar refractivity (Wildman–Crippen MR) is 172 cm³/mol. The number of alkyl halides is 3. The van der Waals surface area contributed by atoms with Gasteiger partial charge in [0.2, 0.25) is 5.91 Å². The number of hydrogen-bond donors (Lipinski definition) is 2. The van der Waals surface area contributed by atoms with Gasteiger partial charge in [-0.1, -0.05) is 18.5 Å². The molecular weight excluding hydrogens is 663 g/mol. The van der Waals surface area contributed by atoms with Gasteiger partial charge in [-0.15, -0.1) is 0 Å². The lowest BCUT2D eigenvalue weighted by Gasteiger charge is -2.36. The number of amides is 2. The van der Waals surface area contributed by atoms with Crippen LogP contribution in [0.3, 0.4) is 0 Å². The van der Waals surface area contributed by atoms with Crippen molar-refractivity contribution in [2.75, 3.05) is 38.1 Å². The molecular formula is C32H43ClF3N3O7S. The Morgan fingerprint density at radius 2 is 1.85 bits per heavy atom. The molecule has 2 aromatic carbocycles. The fourth-order valence-electron chi connectivity index (χ4n) is 5.09. The number of fused-ring (bicyclic) bond motifs is 1. The molecule has 47 heavy (non-hydrogen) atoms. The average molecular weight is 706 g/mol. The lowest BCUT2D eigenvalue weighted by molar-refractivity contribution is -0.149. The van der Waals surface area contributed by atoms with Crippen molar-refractivity contribution in [1.29, 1.82) is 0 Å². The highest BCUT2D eigenvalue weighted by molar-refractivity contribution is 7.92. The lowest BCUT2D eigenvalue weighted by atomic mass is 10.0. The first-order valence-corrected chi connectivity index (χ1v) is 17.3. The molecule has 0 bridgehead atoms. The SMILES string of the molecule is C[C@H]1CCCCO[C@H](CN(C)C(=O)CCC(F)(F)F)[C@@H](C)CN([C@@H](C)CO)C(=O)c2cc(NS(=O)(=O)c3ccc(Cl)cc3)ccc2O1. The minimum Gasteiger partial charge on any atom is -0.490 e. The zero-order valence-electron chi connectivity index (χ0n) is 26.9. The van der Waals surface area contributed by atoms with Gasteiger partial charge in [0.1, 0.15) is 5.75 Å². The van der Waals surface area contributed by atoms with Gasteiger partial charge >= 0.3 is 6.18 Å². The van der Waals surface area contributed by atoms with E-state index in [9.17, 15) is 36.3 Å². The molecule has 2 N–H and O–H groups in total. The van der Waals surface area contributed by atoms with Crippen molar-refractivity contribution < 1.29 is 45.8 Å². The first kappa shape index (κ1) is 38.4. The monoisotopic (exact) mass is 705 g/mol. The molecule has 0 aliphatic carbocycles. The molecule has 1 aliphatic rings. The van der Waals surface area contributed by atoms with Crippen LogP contribution >= 0.6 is 11.6 Å². The highest BCUT2D eigenvalue weighted by Crippen LogP contribution is 2.30. The summed E-state index contributed by atoms with van der Waals surface area (Å²) in [6, 6.07) is 9.30. The standard InChI is InChI=1S/C32H43ClF3N3O7S/c1-21-18-39(22(2)20-40)31(42)27-17-25(37-47(43,44)26-11-8-24(33)9-12-26)10-13-28(27)46-23(3)7-5-6-16-45-29(21)19-38(4)30(41)14-15-32(34,35)36/h8-13,17,21-23,29,37,40H,5-7,14-16,18-20H2,1-4H3/t21-,22-,23-,29+/m0/s1. The van der Waals surface area contributed by atoms with E-state index >= 15 is 0 Å². The Balaban J connectivity index is 1.95. The van der Waals surface area contributed by atoms with Gasteiger partial charge in [-0.25, -0.2) is 8.42 Å². The molecule has 0 radical (unpaired) electrons. The van der Waals surface area contributed by atoms with Crippen molar-refractivity contribution in [1.82, 2.24) is 9.80 Å². The molecule has 0 aromatic heterocycles. The number of benzene rings is 2. The van der Waals surface area contributed by atoms with Gasteiger partial charge in [-0.2, -0.15) is 13.2 Å². The van der Waals surface area contributed by atoms with Crippen LogP contribution in [0.1, 0.15) is 63.2 Å². The quantitative estimate of drug-likeness (QED) is 0.341. The summed E-state index contributed by atoms with van der Waals surface area (Å²) < 4.78 is 79.2. The highest BCUT2D eigenvalue weighted by atomic mass is 35.5. The second kappa shape index (κ2) is 16.8. The van der Waals surface area contributed by atoms with Crippen LogP contribution in [0, 0.1) is 5.92 Å². The minimum absolute atomic E-state index is 0.000119. The number of nitrogens with one attached hydrogen (secondary N) is 1. The van der Waals surface area contributed by atoms with E-state index in [2.05, 4.69) is 4.72 Å². The average Bonchev–Trinajstić information content (AvgIpc) is 3.00. The summed E-state index contributed by atoms with van der Waals surface area (Å²) in [6.45, 7) is 5.26. The summed E-state index contributed by atoms with van der Waals surface area (Å²) in [6.07, 6.45) is -5.37. The fourth-order valence-corrected chi connectivity index (χ4v) is 6.26. The molecule has 0 fully saturated rings. The van der Waals surface area contributed by atoms with Gasteiger partial charge in [0, 0.05) is 49.8 Å². The zero-order valence-corrected chi connectivity index (χ0v) is 28.5. The van der Waals surface area contributed by atoms with Gasteiger partial charge in [-0.3, -0.25) is 14.3 Å². The Morgan fingerprint density at radius 3 is 2.49 bits per heavy atom. The predicted octanol–water partition coefficient (Wildman–Crippen LogP) is 5.74. The second-order valence-electron chi connectivity index (χ2n) is 12.0. The molecule has 10 nitrogen and oxygen atoms in total.